The maximum Gasteiger partial charge on any atom is 0.330 e. The van der Waals surface area contributed by atoms with Gasteiger partial charge in [-0.05, 0) is 45.7 Å². The minimum absolute atomic E-state index is 0.0544. The first kappa shape index (κ1) is 16.5. The van der Waals surface area contributed by atoms with Gasteiger partial charge in [-0.15, -0.1) is 5.06 Å². The molecule has 1 atom stereocenters. The fourth-order valence-corrected chi connectivity index (χ4v) is 2.24. The van der Waals surface area contributed by atoms with Crippen molar-refractivity contribution in [3.63, 3.8) is 0 Å². The van der Waals surface area contributed by atoms with E-state index >= 15 is 0 Å². The Hall–Kier alpha value is -1.82. The van der Waals surface area contributed by atoms with Crippen molar-refractivity contribution in [2.75, 3.05) is 6.54 Å². The number of nitrogens with zero attached hydrogens (tertiary/aromatic N) is 1. The summed E-state index contributed by atoms with van der Waals surface area (Å²) in [6.45, 7) is 5.56. The van der Waals surface area contributed by atoms with E-state index in [1.165, 1.54) is 5.06 Å². The Bertz CT molecular complexity index is 575. The predicted octanol–water partition coefficient (Wildman–Crippen LogP) is 3.12. The highest BCUT2D eigenvalue weighted by molar-refractivity contribution is 6.00. The van der Waals surface area contributed by atoms with Gasteiger partial charge in [-0.2, -0.15) is 0 Å². The monoisotopic (exact) mass is 311 g/mol. The second kappa shape index (κ2) is 6.12. The Labute approximate surface area is 128 Å². The number of hydroxylamine groups is 2. The molecule has 1 heterocycles. The molecule has 6 heteroatoms. The van der Waals surface area contributed by atoms with E-state index in [1.807, 2.05) is 0 Å². The Balaban J connectivity index is 2.16. The van der Waals surface area contributed by atoms with Crippen LogP contribution in [0.5, 0.6) is 0 Å². The quantitative estimate of drug-likeness (QED) is 0.805. The topological polar surface area (TPSA) is 46.6 Å². The summed E-state index contributed by atoms with van der Waals surface area (Å²) < 4.78 is 26.5. The van der Waals surface area contributed by atoms with Crippen molar-refractivity contribution in [3.05, 3.63) is 35.4 Å². The van der Waals surface area contributed by atoms with Crippen molar-refractivity contribution in [1.82, 2.24) is 5.06 Å². The molecule has 1 aromatic carbocycles. The lowest BCUT2D eigenvalue weighted by atomic mass is 9.98. The van der Waals surface area contributed by atoms with Crippen LogP contribution in [0.15, 0.2) is 18.2 Å². The van der Waals surface area contributed by atoms with Crippen LogP contribution in [0.4, 0.5) is 8.78 Å². The minimum atomic E-state index is -0.806. The third-order valence-electron chi connectivity index (χ3n) is 3.47. The highest BCUT2D eigenvalue weighted by atomic mass is 19.1. The Morgan fingerprint density at radius 1 is 1.18 bits per heavy atom. The molecule has 2 rings (SSSR count). The van der Waals surface area contributed by atoms with Crippen LogP contribution in [0.3, 0.4) is 0 Å². The van der Waals surface area contributed by atoms with Gasteiger partial charge in [0.1, 0.15) is 17.7 Å². The Kier molecular flexibility index (Phi) is 4.60. The standard InChI is InChI=1S/C16H19F2NO3/c1-16(2,3)15(21)22-19-6-4-5-13(19)14(20)10-7-11(17)9-12(18)8-10/h7-9,13H,4-6H2,1-3H3/t13-/m0/s1. The fraction of sp³-hybridized carbons (Fsp3) is 0.500. The molecule has 4 nitrogen and oxygen atoms in total. The zero-order valence-electron chi connectivity index (χ0n) is 12.9. The lowest BCUT2D eigenvalue weighted by Crippen LogP contribution is -2.40. The van der Waals surface area contributed by atoms with E-state index in [1.54, 1.807) is 20.8 Å². The van der Waals surface area contributed by atoms with Gasteiger partial charge >= 0.3 is 5.97 Å². The molecule has 22 heavy (non-hydrogen) atoms. The van der Waals surface area contributed by atoms with Crippen molar-refractivity contribution in [2.45, 2.75) is 39.7 Å². The molecule has 1 saturated heterocycles. The van der Waals surface area contributed by atoms with Gasteiger partial charge in [0.2, 0.25) is 0 Å². The normalized spacial score (nSPS) is 19.2. The number of carbonyl (C=O) groups is 2. The Morgan fingerprint density at radius 2 is 1.77 bits per heavy atom. The van der Waals surface area contributed by atoms with Crippen LogP contribution in [-0.4, -0.2) is 29.4 Å². The van der Waals surface area contributed by atoms with Crippen molar-refractivity contribution in [2.24, 2.45) is 5.41 Å². The van der Waals surface area contributed by atoms with Crippen molar-refractivity contribution >= 4 is 11.8 Å². The highest BCUT2D eigenvalue weighted by Crippen LogP contribution is 2.25. The van der Waals surface area contributed by atoms with Gasteiger partial charge in [-0.1, -0.05) is 0 Å². The predicted molar refractivity (Wildman–Crippen MR) is 76.0 cm³/mol. The molecular weight excluding hydrogens is 292 g/mol. The maximum absolute atomic E-state index is 13.2. The summed E-state index contributed by atoms with van der Waals surface area (Å²) in [6.07, 6.45) is 1.15. The van der Waals surface area contributed by atoms with Crippen LogP contribution >= 0.6 is 0 Å². The molecule has 0 N–H and O–H groups in total. The van der Waals surface area contributed by atoms with Gasteiger partial charge in [-0.3, -0.25) is 4.79 Å². The molecule has 0 radical (unpaired) electrons. The zero-order valence-corrected chi connectivity index (χ0v) is 12.9. The van der Waals surface area contributed by atoms with Crippen LogP contribution in [0.1, 0.15) is 44.0 Å². The molecule has 1 fully saturated rings. The Morgan fingerprint density at radius 3 is 2.32 bits per heavy atom. The van der Waals surface area contributed by atoms with E-state index in [-0.39, 0.29) is 5.56 Å². The van der Waals surface area contributed by atoms with Crippen LogP contribution in [0.2, 0.25) is 0 Å². The van der Waals surface area contributed by atoms with E-state index in [0.29, 0.717) is 25.5 Å². The summed E-state index contributed by atoms with van der Waals surface area (Å²) >= 11 is 0. The number of ketones is 1. The molecule has 1 aromatic rings. The summed E-state index contributed by atoms with van der Waals surface area (Å²) in [4.78, 5) is 29.6. The third-order valence-corrected chi connectivity index (χ3v) is 3.47. The summed E-state index contributed by atoms with van der Waals surface area (Å²) in [6, 6.07) is 2.00. The summed E-state index contributed by atoms with van der Waals surface area (Å²) in [5.74, 6) is -2.51. The van der Waals surface area contributed by atoms with E-state index in [4.69, 9.17) is 4.84 Å². The summed E-state index contributed by atoms with van der Waals surface area (Å²) in [5, 5.41) is 1.32. The average Bonchev–Trinajstić information content (AvgIpc) is 2.83. The lowest BCUT2D eigenvalue weighted by Gasteiger charge is -2.26. The van der Waals surface area contributed by atoms with Crippen LogP contribution < -0.4 is 0 Å². The second-order valence-electron chi connectivity index (χ2n) is 6.45. The van der Waals surface area contributed by atoms with Gasteiger partial charge in [-0.25, -0.2) is 13.6 Å². The molecule has 0 bridgehead atoms. The first-order chi connectivity index (χ1) is 10.2. The molecule has 0 unspecified atom stereocenters. The molecule has 0 aliphatic carbocycles. The highest BCUT2D eigenvalue weighted by Gasteiger charge is 2.36. The SMILES string of the molecule is CC(C)(C)C(=O)ON1CCC[C@H]1C(=O)c1cc(F)cc(F)c1. The van der Waals surface area contributed by atoms with Crippen molar-refractivity contribution in [3.8, 4) is 0 Å². The number of hydrogen-bond donors (Lipinski definition) is 0. The van der Waals surface area contributed by atoms with E-state index in [2.05, 4.69) is 0 Å². The molecule has 1 aliphatic rings. The van der Waals surface area contributed by atoms with Crippen LogP contribution in [0.25, 0.3) is 0 Å². The number of carbonyl (C=O) groups excluding carboxylic acids is 2. The van der Waals surface area contributed by atoms with Crippen molar-refractivity contribution < 1.29 is 23.2 Å². The average molecular weight is 311 g/mol. The molecule has 0 saturated carbocycles. The van der Waals surface area contributed by atoms with Gasteiger partial charge in [0.15, 0.2) is 5.78 Å². The van der Waals surface area contributed by atoms with Gasteiger partial charge in [0.25, 0.3) is 0 Å². The largest absolute Gasteiger partial charge is 0.367 e. The molecule has 120 valence electrons. The number of rotatable bonds is 3. The molecule has 1 aliphatic heterocycles. The number of hydrogen-bond acceptors (Lipinski definition) is 4. The first-order valence-corrected chi connectivity index (χ1v) is 7.18. The fourth-order valence-electron chi connectivity index (χ4n) is 2.24. The van der Waals surface area contributed by atoms with E-state index < -0.39 is 34.8 Å². The number of halogens is 2. The first-order valence-electron chi connectivity index (χ1n) is 7.18. The molecule has 0 spiro atoms. The zero-order chi connectivity index (χ0) is 16.5. The van der Waals surface area contributed by atoms with Crippen molar-refractivity contribution in [1.29, 1.82) is 0 Å². The molecule has 0 aromatic heterocycles. The van der Waals surface area contributed by atoms with Crippen LogP contribution in [-0.2, 0) is 9.63 Å². The maximum atomic E-state index is 13.2. The second-order valence-corrected chi connectivity index (χ2v) is 6.45. The number of Topliss-reactive ketones (excluding diaryl/α,β-unsaturated/α-hetero) is 1. The van der Waals surface area contributed by atoms with Crippen LogP contribution in [0, 0.1) is 17.0 Å². The smallest absolute Gasteiger partial charge is 0.330 e. The summed E-state index contributed by atoms with van der Waals surface area (Å²) in [7, 11) is 0. The van der Waals surface area contributed by atoms with Gasteiger partial charge in [0.05, 0.1) is 5.41 Å². The molecular formula is C16H19F2NO3. The number of benzene rings is 1. The third kappa shape index (κ3) is 3.68. The van der Waals surface area contributed by atoms with E-state index in [0.717, 1.165) is 12.1 Å². The summed E-state index contributed by atoms with van der Waals surface area (Å²) in [5.41, 5.74) is -0.748. The molecule has 0 amide bonds. The van der Waals surface area contributed by atoms with E-state index in [9.17, 15) is 18.4 Å². The minimum Gasteiger partial charge on any atom is -0.367 e. The van der Waals surface area contributed by atoms with Gasteiger partial charge in [0, 0.05) is 18.2 Å². The van der Waals surface area contributed by atoms with Gasteiger partial charge < -0.3 is 4.84 Å². The lowest BCUT2D eigenvalue weighted by molar-refractivity contribution is -0.200.